The fourth-order valence-corrected chi connectivity index (χ4v) is 7.60. The zero-order valence-corrected chi connectivity index (χ0v) is 24.7. The number of alkyl halides is 1. The molecule has 2 aromatic heterocycles. The van der Waals surface area contributed by atoms with E-state index in [-0.39, 0.29) is 47.7 Å². The molecular formula is C33H36F3N5O3. The number of pyridine rings is 1. The van der Waals surface area contributed by atoms with Gasteiger partial charge in [-0.3, -0.25) is 9.88 Å². The van der Waals surface area contributed by atoms with Crippen LogP contribution in [0.4, 0.5) is 19.0 Å². The number of rotatable bonds is 7. The molecule has 2 aromatic carbocycles. The fraction of sp³-hybridized carbons (Fsp3) is 0.485. The first-order valence-electron chi connectivity index (χ1n) is 15.5. The van der Waals surface area contributed by atoms with Gasteiger partial charge in [0.2, 0.25) is 0 Å². The Balaban J connectivity index is 1.37. The highest BCUT2D eigenvalue weighted by Gasteiger charge is 2.49. The Bertz CT molecular complexity index is 1740. The summed E-state index contributed by atoms with van der Waals surface area (Å²) >= 11 is 0. The lowest BCUT2D eigenvalue weighted by molar-refractivity contribution is 0.107. The van der Waals surface area contributed by atoms with Gasteiger partial charge in [0.1, 0.15) is 41.4 Å². The van der Waals surface area contributed by atoms with E-state index < -0.39 is 23.3 Å². The van der Waals surface area contributed by atoms with Crippen molar-refractivity contribution in [2.45, 2.75) is 57.2 Å². The van der Waals surface area contributed by atoms with Gasteiger partial charge in [-0.2, -0.15) is 9.97 Å². The van der Waals surface area contributed by atoms with Gasteiger partial charge in [0.15, 0.2) is 5.82 Å². The van der Waals surface area contributed by atoms with Crippen molar-refractivity contribution in [3.63, 3.8) is 0 Å². The first-order valence-corrected chi connectivity index (χ1v) is 15.5. The van der Waals surface area contributed by atoms with Crippen LogP contribution in [0.3, 0.4) is 0 Å². The van der Waals surface area contributed by atoms with Crippen molar-refractivity contribution < 1.29 is 28.1 Å². The van der Waals surface area contributed by atoms with Gasteiger partial charge in [0, 0.05) is 44.4 Å². The number of anilines is 1. The van der Waals surface area contributed by atoms with Gasteiger partial charge in [-0.05, 0) is 79.1 Å². The summed E-state index contributed by atoms with van der Waals surface area (Å²) in [5, 5.41) is 21.8. The van der Waals surface area contributed by atoms with E-state index in [2.05, 4.69) is 14.9 Å². The van der Waals surface area contributed by atoms with Crippen molar-refractivity contribution in [1.82, 2.24) is 19.9 Å². The molecule has 11 heteroatoms. The number of halogens is 3. The van der Waals surface area contributed by atoms with Crippen molar-refractivity contribution in [1.29, 1.82) is 0 Å². The van der Waals surface area contributed by atoms with Crippen LogP contribution in [-0.2, 0) is 6.42 Å². The van der Waals surface area contributed by atoms with Crippen LogP contribution >= 0.6 is 0 Å². The first kappa shape index (κ1) is 29.0. The average Bonchev–Trinajstić information content (AvgIpc) is 3.55. The Labute approximate surface area is 253 Å². The molecule has 3 aliphatic rings. The minimum atomic E-state index is -0.920. The van der Waals surface area contributed by atoms with Gasteiger partial charge in [-0.15, -0.1) is 0 Å². The number of aromatic hydroxyl groups is 1. The molecule has 0 spiro atoms. The average molecular weight is 608 g/mol. The van der Waals surface area contributed by atoms with Crippen LogP contribution < -0.4 is 9.64 Å². The molecule has 0 unspecified atom stereocenters. The van der Waals surface area contributed by atoms with Crippen molar-refractivity contribution in [2.24, 2.45) is 5.92 Å². The Morgan fingerprint density at radius 1 is 1.11 bits per heavy atom. The monoisotopic (exact) mass is 607 g/mol. The summed E-state index contributed by atoms with van der Waals surface area (Å²) in [4.78, 5) is 17.9. The minimum Gasteiger partial charge on any atom is -0.508 e. The van der Waals surface area contributed by atoms with Crippen LogP contribution in [0.2, 0.25) is 0 Å². The lowest BCUT2D eigenvalue weighted by Gasteiger charge is -2.34. The van der Waals surface area contributed by atoms with E-state index in [0.717, 1.165) is 32.2 Å². The molecule has 0 radical (unpaired) electrons. The fourth-order valence-electron chi connectivity index (χ4n) is 7.60. The number of nitrogens with zero attached hydrogens (tertiary/aromatic N) is 5. The number of phenolic OH excluding ortho intramolecular Hbond substituents is 1. The van der Waals surface area contributed by atoms with Crippen LogP contribution in [0.25, 0.3) is 32.9 Å². The van der Waals surface area contributed by atoms with E-state index in [0.29, 0.717) is 60.0 Å². The van der Waals surface area contributed by atoms with Gasteiger partial charge in [-0.25, -0.2) is 13.2 Å². The zero-order chi connectivity index (χ0) is 30.6. The number of phenols is 1. The molecular weight excluding hydrogens is 571 g/mol. The van der Waals surface area contributed by atoms with Crippen LogP contribution in [0.15, 0.2) is 30.5 Å². The molecule has 3 aliphatic heterocycles. The maximum absolute atomic E-state index is 16.7. The molecule has 8 nitrogen and oxygen atoms in total. The van der Waals surface area contributed by atoms with E-state index in [1.54, 1.807) is 6.07 Å². The minimum absolute atomic E-state index is 0.0114. The lowest BCUT2D eigenvalue weighted by Crippen LogP contribution is -2.43. The SMILES string of the molecule is CCc1c(F)ccc2cc(O)cc(-c3ncc4c(N5CCC[C@@H](CO)C5)nc(OC[C@@]56CCCN5C[C@H](F)C6)nc4c3F)c12. The van der Waals surface area contributed by atoms with Crippen LogP contribution in [0, 0.1) is 17.6 Å². The second-order valence-electron chi connectivity index (χ2n) is 12.5. The Hall–Kier alpha value is -3.70. The Morgan fingerprint density at radius 2 is 1.98 bits per heavy atom. The van der Waals surface area contributed by atoms with Gasteiger partial charge in [0.25, 0.3) is 0 Å². The number of hydrogen-bond donors (Lipinski definition) is 2. The van der Waals surface area contributed by atoms with Crippen LogP contribution in [0.5, 0.6) is 11.8 Å². The summed E-state index contributed by atoms with van der Waals surface area (Å²) in [5.41, 5.74) is 0.142. The lowest BCUT2D eigenvalue weighted by atomic mass is 9.94. The molecule has 0 bridgehead atoms. The number of benzene rings is 2. The Kier molecular flexibility index (Phi) is 7.48. The quantitative estimate of drug-likeness (QED) is 0.282. The molecule has 3 saturated heterocycles. The molecule has 44 heavy (non-hydrogen) atoms. The van der Waals surface area contributed by atoms with Crippen molar-refractivity contribution in [2.75, 3.05) is 44.3 Å². The molecule has 4 aromatic rings. The standard InChI is InChI=1S/C33H36F3N5O3/c1-2-23-26(35)7-6-20-11-22(43)12-24(27(20)23)29-28(36)30-25(14-37-29)31(40-9-3-5-19(15-40)17-42)39-32(38-30)44-18-33-8-4-10-41(33)16-21(34)13-33/h6-7,11-12,14,19,21,42-43H,2-5,8-10,13,15-18H2,1H3/t19-,21-,33+/m1/s1. The predicted molar refractivity (Wildman–Crippen MR) is 162 cm³/mol. The first-order chi connectivity index (χ1) is 21.3. The van der Waals surface area contributed by atoms with Gasteiger partial charge >= 0.3 is 6.01 Å². The topological polar surface area (TPSA) is 94.8 Å². The van der Waals surface area contributed by atoms with Crippen LogP contribution in [-0.4, -0.2) is 81.2 Å². The summed E-state index contributed by atoms with van der Waals surface area (Å²) in [7, 11) is 0. The molecule has 232 valence electrons. The molecule has 0 aliphatic carbocycles. The van der Waals surface area contributed by atoms with Gasteiger partial charge < -0.3 is 19.8 Å². The van der Waals surface area contributed by atoms with Gasteiger partial charge in [-0.1, -0.05) is 13.0 Å². The summed E-state index contributed by atoms with van der Waals surface area (Å²) in [6.07, 6.45) is 4.80. The third-order valence-corrected chi connectivity index (χ3v) is 9.71. The van der Waals surface area contributed by atoms with Gasteiger partial charge in [0.05, 0.1) is 10.9 Å². The van der Waals surface area contributed by atoms with E-state index in [1.807, 2.05) is 11.8 Å². The summed E-state index contributed by atoms with van der Waals surface area (Å²) in [6.45, 7) is 4.42. The summed E-state index contributed by atoms with van der Waals surface area (Å²) in [6, 6.07) is 5.81. The molecule has 7 rings (SSSR count). The summed E-state index contributed by atoms with van der Waals surface area (Å²) < 4.78 is 52.3. The zero-order valence-electron chi connectivity index (χ0n) is 24.7. The smallest absolute Gasteiger partial charge is 0.319 e. The number of aliphatic hydroxyl groups excluding tert-OH is 1. The van der Waals surface area contributed by atoms with E-state index in [1.165, 1.54) is 24.4 Å². The third-order valence-electron chi connectivity index (χ3n) is 9.71. The highest BCUT2D eigenvalue weighted by molar-refractivity contribution is 6.01. The number of aliphatic hydroxyl groups is 1. The highest BCUT2D eigenvalue weighted by atomic mass is 19.1. The summed E-state index contributed by atoms with van der Waals surface area (Å²) in [5.74, 6) is -0.754. The second-order valence-corrected chi connectivity index (χ2v) is 12.5. The molecule has 0 amide bonds. The highest BCUT2D eigenvalue weighted by Crippen LogP contribution is 2.42. The number of piperidine rings is 1. The number of ether oxygens (including phenoxy) is 1. The van der Waals surface area contributed by atoms with Crippen molar-refractivity contribution >= 4 is 27.5 Å². The van der Waals surface area contributed by atoms with E-state index >= 15 is 4.39 Å². The van der Waals surface area contributed by atoms with E-state index in [9.17, 15) is 19.0 Å². The molecule has 3 atom stereocenters. The largest absolute Gasteiger partial charge is 0.508 e. The number of aryl methyl sites for hydroxylation is 1. The normalized spacial score (nSPS) is 24.0. The molecule has 0 saturated carbocycles. The maximum atomic E-state index is 16.7. The Morgan fingerprint density at radius 3 is 2.80 bits per heavy atom. The predicted octanol–water partition coefficient (Wildman–Crippen LogP) is 5.56. The van der Waals surface area contributed by atoms with Crippen molar-refractivity contribution in [3.05, 3.63) is 47.7 Å². The molecule has 5 heterocycles. The number of fused-ring (bicyclic) bond motifs is 3. The van der Waals surface area contributed by atoms with Crippen molar-refractivity contribution in [3.8, 4) is 23.0 Å². The van der Waals surface area contributed by atoms with Crippen LogP contribution in [0.1, 0.15) is 44.6 Å². The third kappa shape index (κ3) is 4.90. The molecule has 3 fully saturated rings. The maximum Gasteiger partial charge on any atom is 0.319 e. The number of hydrogen-bond acceptors (Lipinski definition) is 8. The second kappa shape index (κ2) is 11.3. The number of aromatic nitrogens is 3. The molecule has 2 N–H and O–H groups in total. The van der Waals surface area contributed by atoms with E-state index in [4.69, 9.17) is 9.72 Å².